The van der Waals surface area contributed by atoms with Crippen LogP contribution in [0.25, 0.3) is 17.0 Å². The fourth-order valence-corrected chi connectivity index (χ4v) is 3.00. The van der Waals surface area contributed by atoms with Crippen molar-refractivity contribution in [1.29, 1.82) is 0 Å². The van der Waals surface area contributed by atoms with Crippen LogP contribution in [-0.2, 0) is 6.54 Å². The summed E-state index contributed by atoms with van der Waals surface area (Å²) in [6.45, 7) is 3.48. The van der Waals surface area contributed by atoms with Crippen molar-refractivity contribution in [2.75, 3.05) is 13.1 Å². The number of aromatic nitrogens is 1. The Morgan fingerprint density at radius 3 is 3.19 bits per heavy atom. The van der Waals surface area contributed by atoms with E-state index in [4.69, 9.17) is 0 Å². The number of nitrogens with one attached hydrogen (secondary N) is 1. The van der Waals surface area contributed by atoms with Crippen molar-refractivity contribution in [3.63, 3.8) is 0 Å². The van der Waals surface area contributed by atoms with Gasteiger partial charge in [-0.2, -0.15) is 4.57 Å². The summed E-state index contributed by atoms with van der Waals surface area (Å²) in [5.74, 6) is 0. The first-order chi connectivity index (χ1) is 7.93. The molecular weight excluding hydrogens is 196 g/mol. The van der Waals surface area contributed by atoms with Gasteiger partial charge in [-0.15, -0.1) is 0 Å². The summed E-state index contributed by atoms with van der Waals surface area (Å²) < 4.78 is 2.40. The van der Waals surface area contributed by atoms with Crippen molar-refractivity contribution in [3.8, 4) is 0 Å². The van der Waals surface area contributed by atoms with Gasteiger partial charge in [0.25, 0.3) is 5.52 Å². The van der Waals surface area contributed by atoms with E-state index in [1.54, 1.807) is 4.90 Å². The van der Waals surface area contributed by atoms with Crippen molar-refractivity contribution in [3.05, 3.63) is 42.1 Å². The highest BCUT2D eigenvalue weighted by atomic mass is 15.2. The first-order valence-electron chi connectivity index (χ1n) is 5.90. The number of quaternary nitrogens is 1. The number of hydrogen-bond donors (Lipinski definition) is 1. The Balaban J connectivity index is 2.22. The molecule has 0 saturated carbocycles. The Kier molecular flexibility index (Phi) is 1.55. The molecule has 0 radical (unpaired) electrons. The van der Waals surface area contributed by atoms with Crippen molar-refractivity contribution in [1.82, 2.24) is 0 Å². The average molecular weight is 210 g/mol. The Morgan fingerprint density at radius 2 is 2.19 bits per heavy atom. The third-order valence-corrected chi connectivity index (χ3v) is 3.74. The van der Waals surface area contributed by atoms with Crippen molar-refractivity contribution < 1.29 is 9.47 Å². The normalized spacial score (nSPS) is 21.4. The van der Waals surface area contributed by atoms with Crippen LogP contribution >= 0.6 is 0 Å². The van der Waals surface area contributed by atoms with E-state index < -0.39 is 0 Å². The van der Waals surface area contributed by atoms with Crippen LogP contribution in [-0.4, -0.2) is 13.1 Å². The van der Waals surface area contributed by atoms with Gasteiger partial charge >= 0.3 is 0 Å². The standard InChI is InChI=1S/C14H13N2/c1-3-11-5-6-12-4-2-8-16-10-9-15(7-1)13(11)14(12)16/h1-7H,8-10H2/q+1/p+1. The zero-order chi connectivity index (χ0) is 10.5. The summed E-state index contributed by atoms with van der Waals surface area (Å²) in [5.41, 5.74) is 4.34. The lowest BCUT2D eigenvalue weighted by molar-refractivity contribution is -0.869. The number of pyridine rings is 1. The molecular formula is C14H14N2+2. The predicted molar refractivity (Wildman–Crippen MR) is 63.5 cm³/mol. The lowest BCUT2D eigenvalue weighted by Gasteiger charge is -2.24. The molecule has 1 N–H and O–H groups in total. The first kappa shape index (κ1) is 8.48. The van der Waals surface area contributed by atoms with Gasteiger partial charge in [-0.3, -0.25) is 4.90 Å². The predicted octanol–water partition coefficient (Wildman–Crippen LogP) is 0.684. The minimum atomic E-state index is 1.14. The van der Waals surface area contributed by atoms with E-state index in [9.17, 15) is 0 Å². The highest BCUT2D eigenvalue weighted by Gasteiger charge is 2.32. The van der Waals surface area contributed by atoms with Gasteiger partial charge in [0, 0.05) is 11.6 Å². The highest BCUT2D eigenvalue weighted by molar-refractivity contribution is 5.89. The highest BCUT2D eigenvalue weighted by Crippen LogP contribution is 2.25. The second-order valence-corrected chi connectivity index (χ2v) is 4.63. The van der Waals surface area contributed by atoms with Crippen LogP contribution < -0.4 is 9.47 Å². The molecule has 2 aliphatic heterocycles. The third-order valence-electron chi connectivity index (χ3n) is 3.74. The van der Waals surface area contributed by atoms with Crippen molar-refractivity contribution >= 4 is 22.7 Å². The van der Waals surface area contributed by atoms with E-state index in [0.717, 1.165) is 13.1 Å². The van der Waals surface area contributed by atoms with Gasteiger partial charge in [0.05, 0.1) is 5.39 Å². The number of rotatable bonds is 0. The van der Waals surface area contributed by atoms with E-state index >= 15 is 0 Å². The molecule has 3 heterocycles. The SMILES string of the molecule is C1=Cc2ccc3ccc[n+]4c3c2[NH+](C1)CC4. The summed E-state index contributed by atoms with van der Waals surface area (Å²) in [5, 5.41) is 1.37. The first-order valence-corrected chi connectivity index (χ1v) is 5.90. The fourth-order valence-electron chi connectivity index (χ4n) is 3.00. The number of benzene rings is 1. The van der Waals surface area contributed by atoms with Gasteiger partial charge in [-0.1, -0.05) is 0 Å². The molecule has 1 aromatic carbocycles. The van der Waals surface area contributed by atoms with Crippen LogP contribution in [0.4, 0.5) is 5.69 Å². The summed E-state index contributed by atoms with van der Waals surface area (Å²) >= 11 is 0. The van der Waals surface area contributed by atoms with E-state index in [0.29, 0.717) is 0 Å². The average Bonchev–Trinajstić information content (AvgIpc) is 2.36. The zero-order valence-electron chi connectivity index (χ0n) is 9.11. The van der Waals surface area contributed by atoms with Crippen LogP contribution in [0.1, 0.15) is 5.56 Å². The van der Waals surface area contributed by atoms with E-state index in [2.05, 4.69) is 47.2 Å². The Labute approximate surface area is 94.4 Å². The molecule has 2 aromatic rings. The third kappa shape index (κ3) is 0.973. The molecule has 1 atom stereocenters. The molecule has 2 nitrogen and oxygen atoms in total. The smallest absolute Gasteiger partial charge is 0.274 e. The van der Waals surface area contributed by atoms with Gasteiger partial charge < -0.3 is 0 Å². The summed E-state index contributed by atoms with van der Waals surface area (Å²) in [6, 6.07) is 8.86. The minimum Gasteiger partial charge on any atom is -0.288 e. The van der Waals surface area contributed by atoms with Crippen LogP contribution in [0.3, 0.4) is 0 Å². The monoisotopic (exact) mass is 210 g/mol. The lowest BCUT2D eigenvalue weighted by Crippen LogP contribution is -3.09. The maximum Gasteiger partial charge on any atom is 0.274 e. The molecule has 0 aliphatic carbocycles. The molecule has 0 bridgehead atoms. The van der Waals surface area contributed by atoms with Crippen molar-refractivity contribution in [2.45, 2.75) is 6.54 Å². The Morgan fingerprint density at radius 1 is 1.19 bits per heavy atom. The maximum atomic E-state index is 2.40. The maximum absolute atomic E-state index is 2.40. The van der Waals surface area contributed by atoms with Crippen molar-refractivity contribution in [2.24, 2.45) is 0 Å². The molecule has 2 aliphatic rings. The molecule has 0 fully saturated rings. The zero-order valence-corrected chi connectivity index (χ0v) is 9.11. The number of hydrogen-bond acceptors (Lipinski definition) is 0. The van der Waals surface area contributed by atoms with Gasteiger partial charge in [-0.05, 0) is 30.4 Å². The van der Waals surface area contributed by atoms with Crippen LogP contribution in [0, 0.1) is 0 Å². The molecule has 1 aromatic heterocycles. The second-order valence-electron chi connectivity index (χ2n) is 4.63. The Hall–Kier alpha value is -1.67. The van der Waals surface area contributed by atoms with E-state index in [1.165, 1.54) is 28.7 Å². The summed E-state index contributed by atoms with van der Waals surface area (Å²) in [6.07, 6.45) is 6.76. The lowest BCUT2D eigenvalue weighted by atomic mass is 10.0. The topological polar surface area (TPSA) is 8.32 Å². The van der Waals surface area contributed by atoms with Gasteiger partial charge in [0.15, 0.2) is 12.7 Å². The van der Waals surface area contributed by atoms with Gasteiger partial charge in [0.1, 0.15) is 13.1 Å². The molecule has 16 heavy (non-hydrogen) atoms. The molecule has 78 valence electrons. The molecule has 4 rings (SSSR count). The molecule has 0 amide bonds. The molecule has 0 spiro atoms. The minimum absolute atomic E-state index is 1.14. The molecule has 0 saturated heterocycles. The Bertz CT molecular complexity index is 613. The quantitative estimate of drug-likeness (QED) is 0.612. The van der Waals surface area contributed by atoms with Crippen LogP contribution in [0.15, 0.2) is 36.5 Å². The fraction of sp³-hybridized carbons (Fsp3) is 0.214. The summed E-state index contributed by atoms with van der Waals surface area (Å²) in [4.78, 5) is 1.62. The van der Waals surface area contributed by atoms with Gasteiger partial charge in [0.2, 0.25) is 5.69 Å². The number of nitrogens with zero attached hydrogens (tertiary/aromatic N) is 1. The van der Waals surface area contributed by atoms with E-state index in [1.807, 2.05) is 0 Å². The summed E-state index contributed by atoms with van der Waals surface area (Å²) in [7, 11) is 0. The largest absolute Gasteiger partial charge is 0.288 e. The van der Waals surface area contributed by atoms with Crippen LogP contribution in [0.2, 0.25) is 0 Å². The van der Waals surface area contributed by atoms with E-state index in [-0.39, 0.29) is 0 Å². The molecule has 2 heteroatoms. The molecule has 1 unspecified atom stereocenters. The van der Waals surface area contributed by atoms with Crippen LogP contribution in [0.5, 0.6) is 0 Å². The van der Waals surface area contributed by atoms with Gasteiger partial charge in [-0.25, -0.2) is 0 Å². The second kappa shape index (κ2) is 2.92.